The van der Waals surface area contributed by atoms with Gasteiger partial charge in [0, 0.05) is 25.4 Å². The number of hydrogen-bond donors (Lipinski definition) is 1. The topological polar surface area (TPSA) is 42.0 Å². The minimum atomic E-state index is 0.131. The first-order valence-electron chi connectivity index (χ1n) is 7.45. The highest BCUT2D eigenvalue weighted by Crippen LogP contribution is 2.07. The lowest BCUT2D eigenvalue weighted by Crippen LogP contribution is -2.25. The highest BCUT2D eigenvalue weighted by Gasteiger charge is 2.01. The molecule has 0 atom stereocenters. The number of benzene rings is 1. The van der Waals surface area contributed by atoms with Gasteiger partial charge >= 0.3 is 0 Å². The van der Waals surface area contributed by atoms with Crippen LogP contribution in [-0.4, -0.2) is 17.4 Å². The van der Waals surface area contributed by atoms with E-state index in [0.717, 1.165) is 24.8 Å². The molecule has 3 heteroatoms. The molecule has 2 aromatic rings. The van der Waals surface area contributed by atoms with Crippen LogP contribution in [0.1, 0.15) is 29.5 Å². The Morgan fingerprint density at radius 3 is 2.62 bits per heavy atom. The van der Waals surface area contributed by atoms with Gasteiger partial charge in [0.1, 0.15) is 0 Å². The molecule has 0 fully saturated rings. The summed E-state index contributed by atoms with van der Waals surface area (Å²) in [6.07, 6.45) is 6.85. The Morgan fingerprint density at radius 2 is 1.90 bits per heavy atom. The van der Waals surface area contributed by atoms with Crippen molar-refractivity contribution in [3.8, 4) is 0 Å². The molecule has 21 heavy (non-hydrogen) atoms. The van der Waals surface area contributed by atoms with Crippen LogP contribution in [0.15, 0.2) is 48.8 Å². The summed E-state index contributed by atoms with van der Waals surface area (Å²) >= 11 is 0. The zero-order valence-corrected chi connectivity index (χ0v) is 12.5. The highest BCUT2D eigenvalue weighted by molar-refractivity contribution is 5.75. The molecule has 0 aliphatic carbocycles. The summed E-state index contributed by atoms with van der Waals surface area (Å²) in [5.41, 5.74) is 3.72. The number of pyridine rings is 1. The maximum absolute atomic E-state index is 11.8. The second-order valence-electron chi connectivity index (χ2n) is 5.30. The quantitative estimate of drug-likeness (QED) is 0.848. The first-order valence-corrected chi connectivity index (χ1v) is 7.45. The summed E-state index contributed by atoms with van der Waals surface area (Å²) in [4.78, 5) is 15.8. The Hall–Kier alpha value is -2.16. The van der Waals surface area contributed by atoms with Gasteiger partial charge in [-0.1, -0.05) is 35.9 Å². The molecule has 0 bridgehead atoms. The fraction of sp³-hybridized carbons (Fsp3) is 0.333. The Labute approximate surface area is 126 Å². The monoisotopic (exact) mass is 282 g/mol. The standard InChI is InChI=1S/C18H22N2O/c1-15-7-9-16(10-8-15)4-2-6-18(21)20-13-11-17-5-3-12-19-14-17/h3,5,7-10,12,14H,2,4,6,11,13H2,1H3,(H,20,21). The number of nitrogens with zero attached hydrogens (tertiary/aromatic N) is 1. The van der Waals surface area contributed by atoms with E-state index >= 15 is 0 Å². The summed E-state index contributed by atoms with van der Waals surface area (Å²) in [5.74, 6) is 0.131. The van der Waals surface area contributed by atoms with Crippen LogP contribution in [0.25, 0.3) is 0 Å². The van der Waals surface area contributed by atoms with E-state index < -0.39 is 0 Å². The van der Waals surface area contributed by atoms with E-state index in [4.69, 9.17) is 0 Å². The zero-order chi connectivity index (χ0) is 14.9. The predicted octanol–water partition coefficient (Wildman–Crippen LogP) is 3.07. The van der Waals surface area contributed by atoms with Crippen LogP contribution in [0.3, 0.4) is 0 Å². The molecule has 0 saturated heterocycles. The fourth-order valence-corrected chi connectivity index (χ4v) is 2.19. The van der Waals surface area contributed by atoms with E-state index in [1.54, 1.807) is 6.20 Å². The Morgan fingerprint density at radius 1 is 1.10 bits per heavy atom. The average Bonchev–Trinajstić information content (AvgIpc) is 2.50. The maximum Gasteiger partial charge on any atom is 0.220 e. The van der Waals surface area contributed by atoms with Crippen LogP contribution in [0.2, 0.25) is 0 Å². The van der Waals surface area contributed by atoms with Crippen molar-refractivity contribution in [3.05, 3.63) is 65.5 Å². The predicted molar refractivity (Wildman–Crippen MR) is 85.1 cm³/mol. The van der Waals surface area contributed by atoms with Gasteiger partial charge in [0.05, 0.1) is 0 Å². The molecule has 3 nitrogen and oxygen atoms in total. The molecule has 0 aliphatic rings. The molecule has 110 valence electrons. The zero-order valence-electron chi connectivity index (χ0n) is 12.5. The number of aromatic nitrogens is 1. The third-order valence-electron chi connectivity index (χ3n) is 3.45. The molecule has 2 rings (SSSR count). The van der Waals surface area contributed by atoms with E-state index in [1.807, 2.05) is 18.3 Å². The third kappa shape index (κ3) is 5.78. The van der Waals surface area contributed by atoms with Crippen LogP contribution < -0.4 is 5.32 Å². The normalized spacial score (nSPS) is 10.3. The smallest absolute Gasteiger partial charge is 0.220 e. The molecule has 1 aromatic carbocycles. The van der Waals surface area contributed by atoms with Crippen molar-refractivity contribution in [2.24, 2.45) is 0 Å². The van der Waals surface area contributed by atoms with Gasteiger partial charge in [0.25, 0.3) is 0 Å². The maximum atomic E-state index is 11.8. The van der Waals surface area contributed by atoms with Crippen molar-refractivity contribution in [2.45, 2.75) is 32.6 Å². The van der Waals surface area contributed by atoms with E-state index in [-0.39, 0.29) is 5.91 Å². The fourth-order valence-electron chi connectivity index (χ4n) is 2.19. The molecular weight excluding hydrogens is 260 g/mol. The second-order valence-corrected chi connectivity index (χ2v) is 5.30. The number of rotatable bonds is 7. The lowest BCUT2D eigenvalue weighted by Gasteiger charge is -2.05. The van der Waals surface area contributed by atoms with Gasteiger partial charge in [-0.2, -0.15) is 0 Å². The molecule has 0 radical (unpaired) electrons. The van der Waals surface area contributed by atoms with Crippen LogP contribution >= 0.6 is 0 Å². The van der Waals surface area contributed by atoms with E-state index in [0.29, 0.717) is 13.0 Å². The van der Waals surface area contributed by atoms with E-state index in [9.17, 15) is 4.79 Å². The Kier molecular flexibility index (Phi) is 5.95. The Balaban J connectivity index is 1.60. The van der Waals surface area contributed by atoms with Gasteiger partial charge in [-0.05, 0) is 43.4 Å². The Bertz CT molecular complexity index is 549. The van der Waals surface area contributed by atoms with Gasteiger partial charge in [-0.25, -0.2) is 0 Å². The van der Waals surface area contributed by atoms with Crippen molar-refractivity contribution in [1.29, 1.82) is 0 Å². The van der Waals surface area contributed by atoms with Crippen LogP contribution in [0.5, 0.6) is 0 Å². The van der Waals surface area contributed by atoms with Crippen molar-refractivity contribution >= 4 is 5.91 Å². The number of amides is 1. The largest absolute Gasteiger partial charge is 0.356 e. The first kappa shape index (κ1) is 15.2. The molecule has 0 saturated carbocycles. The minimum absolute atomic E-state index is 0.131. The van der Waals surface area contributed by atoms with Gasteiger partial charge in [-0.3, -0.25) is 9.78 Å². The van der Waals surface area contributed by atoms with Gasteiger partial charge in [-0.15, -0.1) is 0 Å². The number of aryl methyl sites for hydroxylation is 2. The minimum Gasteiger partial charge on any atom is -0.356 e. The molecule has 1 aromatic heterocycles. The summed E-state index contributed by atoms with van der Waals surface area (Å²) in [6, 6.07) is 12.4. The van der Waals surface area contributed by atoms with E-state index in [1.165, 1.54) is 11.1 Å². The third-order valence-corrected chi connectivity index (χ3v) is 3.45. The molecule has 1 heterocycles. The van der Waals surface area contributed by atoms with Crippen molar-refractivity contribution < 1.29 is 4.79 Å². The number of hydrogen-bond acceptors (Lipinski definition) is 2. The number of carbonyl (C=O) groups is 1. The SMILES string of the molecule is Cc1ccc(CCCC(=O)NCCc2cccnc2)cc1. The van der Waals surface area contributed by atoms with Gasteiger partial charge in [0.15, 0.2) is 0 Å². The van der Waals surface area contributed by atoms with Crippen LogP contribution in [-0.2, 0) is 17.6 Å². The molecule has 1 amide bonds. The van der Waals surface area contributed by atoms with Gasteiger partial charge < -0.3 is 5.32 Å². The summed E-state index contributed by atoms with van der Waals surface area (Å²) in [7, 11) is 0. The van der Waals surface area contributed by atoms with Crippen LogP contribution in [0, 0.1) is 6.92 Å². The van der Waals surface area contributed by atoms with Crippen molar-refractivity contribution in [3.63, 3.8) is 0 Å². The number of nitrogens with one attached hydrogen (secondary N) is 1. The molecule has 0 unspecified atom stereocenters. The lowest BCUT2D eigenvalue weighted by molar-refractivity contribution is -0.121. The molecular formula is C18H22N2O. The summed E-state index contributed by atoms with van der Waals surface area (Å²) in [6.45, 7) is 2.76. The summed E-state index contributed by atoms with van der Waals surface area (Å²) < 4.78 is 0. The van der Waals surface area contributed by atoms with Crippen molar-refractivity contribution in [1.82, 2.24) is 10.3 Å². The molecule has 0 spiro atoms. The number of carbonyl (C=O) groups excluding carboxylic acids is 1. The second kappa shape index (κ2) is 8.20. The highest BCUT2D eigenvalue weighted by atomic mass is 16.1. The molecule has 0 aliphatic heterocycles. The molecule has 1 N–H and O–H groups in total. The van der Waals surface area contributed by atoms with Crippen LogP contribution in [0.4, 0.5) is 0 Å². The van der Waals surface area contributed by atoms with Gasteiger partial charge in [0.2, 0.25) is 5.91 Å². The summed E-state index contributed by atoms with van der Waals surface area (Å²) in [5, 5.41) is 2.96. The van der Waals surface area contributed by atoms with Crippen molar-refractivity contribution in [2.75, 3.05) is 6.54 Å². The average molecular weight is 282 g/mol. The first-order chi connectivity index (χ1) is 10.2. The van der Waals surface area contributed by atoms with E-state index in [2.05, 4.69) is 41.5 Å². The lowest BCUT2D eigenvalue weighted by atomic mass is 10.1.